The molecule has 2 saturated heterocycles. The zero-order chi connectivity index (χ0) is 32.2. The number of hydrogen-bond donors (Lipinski definition) is 0. The van der Waals surface area contributed by atoms with Crippen LogP contribution in [-0.4, -0.2) is 84.8 Å². The largest absolute Gasteiger partial charge is 0.491 e. The quantitative estimate of drug-likeness (QED) is 0.212. The highest BCUT2D eigenvalue weighted by atomic mass is 16.8. The molecule has 244 valence electrons. The van der Waals surface area contributed by atoms with Gasteiger partial charge in [-0.1, -0.05) is 6.92 Å². The van der Waals surface area contributed by atoms with E-state index in [1.54, 1.807) is 46.6 Å². The second-order valence-corrected chi connectivity index (χ2v) is 11.7. The van der Waals surface area contributed by atoms with E-state index < -0.39 is 5.79 Å². The Balaban J connectivity index is 0.913. The van der Waals surface area contributed by atoms with Crippen molar-refractivity contribution in [2.75, 3.05) is 49.2 Å². The number of aromatic nitrogens is 8. The van der Waals surface area contributed by atoms with Gasteiger partial charge in [-0.05, 0) is 61.9 Å². The first-order valence-electron chi connectivity index (χ1n) is 15.9. The molecule has 7 rings (SSSR count). The number of ether oxygens (including phenoxy) is 3. The lowest BCUT2D eigenvalue weighted by atomic mass is 10.2. The van der Waals surface area contributed by atoms with Crippen LogP contribution in [0, 0.1) is 0 Å². The molecular weight excluding hydrogens is 600 g/mol. The van der Waals surface area contributed by atoms with E-state index in [9.17, 15) is 4.79 Å². The molecule has 3 aromatic heterocycles. The number of anilines is 2. The molecule has 0 amide bonds. The van der Waals surface area contributed by atoms with Crippen molar-refractivity contribution in [3.63, 3.8) is 0 Å². The van der Waals surface area contributed by atoms with Crippen molar-refractivity contribution < 1.29 is 14.2 Å². The van der Waals surface area contributed by atoms with Crippen molar-refractivity contribution in [2.45, 2.75) is 44.7 Å². The van der Waals surface area contributed by atoms with Gasteiger partial charge in [-0.15, -0.1) is 0 Å². The average Bonchev–Trinajstić information content (AvgIpc) is 3.89. The summed E-state index contributed by atoms with van der Waals surface area (Å²) in [5.41, 5.74) is 3.55. The zero-order valence-electron chi connectivity index (χ0n) is 26.5. The Bertz CT molecular complexity index is 1790. The minimum atomic E-state index is -1.15. The molecule has 5 aromatic rings. The molecule has 0 aliphatic carbocycles. The van der Waals surface area contributed by atoms with E-state index >= 15 is 0 Å². The SMILES string of the molecule is CCC(C)n1ncn(-c2ccc(N3CCN(c4ccc(OCC5COC(Cn6nccn6)(c6cnccn6)O5)cc4)CC3)cc2)c1=O. The fourth-order valence-electron chi connectivity index (χ4n) is 5.91. The molecular formula is C33H38N10O4. The van der Waals surface area contributed by atoms with Crippen molar-refractivity contribution in [2.24, 2.45) is 0 Å². The Morgan fingerprint density at radius 1 is 0.894 bits per heavy atom. The predicted molar refractivity (Wildman–Crippen MR) is 174 cm³/mol. The summed E-state index contributed by atoms with van der Waals surface area (Å²) in [7, 11) is 0. The van der Waals surface area contributed by atoms with E-state index in [1.165, 1.54) is 4.80 Å². The van der Waals surface area contributed by atoms with Crippen molar-refractivity contribution in [3.05, 3.63) is 102 Å². The van der Waals surface area contributed by atoms with Crippen LogP contribution < -0.4 is 20.2 Å². The Morgan fingerprint density at radius 2 is 1.55 bits per heavy atom. The molecule has 2 aliphatic rings. The lowest BCUT2D eigenvalue weighted by molar-refractivity contribution is -0.195. The number of rotatable bonds is 11. The highest BCUT2D eigenvalue weighted by Gasteiger charge is 2.46. The van der Waals surface area contributed by atoms with Crippen LogP contribution in [0.25, 0.3) is 5.69 Å². The second kappa shape index (κ2) is 13.3. The minimum Gasteiger partial charge on any atom is -0.491 e. The van der Waals surface area contributed by atoms with Crippen LogP contribution in [0.2, 0.25) is 0 Å². The van der Waals surface area contributed by atoms with Gasteiger partial charge >= 0.3 is 5.69 Å². The van der Waals surface area contributed by atoms with Gasteiger partial charge in [0.2, 0.25) is 5.79 Å². The second-order valence-electron chi connectivity index (χ2n) is 11.7. The standard InChI is InChI=1S/C33H38N10O4/c1-3-25(2)43-32(44)41(24-38-43)28-6-4-26(5-7-28)39-16-18-40(19-17-39)27-8-10-29(11-9-27)45-21-30-22-46-33(47-30,23-42-36-14-15-37-42)31-20-34-12-13-35-31/h4-15,20,24-25,30H,3,16-19,21-23H2,1-2H3. The molecule has 14 nitrogen and oxygen atoms in total. The topological polar surface area (TPSA) is 130 Å². The molecule has 0 N–H and O–H groups in total. The first-order chi connectivity index (χ1) is 23.0. The monoisotopic (exact) mass is 638 g/mol. The lowest BCUT2D eigenvalue weighted by Crippen LogP contribution is -2.46. The molecule has 5 heterocycles. The molecule has 3 unspecified atom stereocenters. The fraction of sp³-hybridized carbons (Fsp3) is 0.394. The van der Waals surface area contributed by atoms with E-state index in [0.29, 0.717) is 18.9 Å². The zero-order valence-corrected chi connectivity index (χ0v) is 26.5. The van der Waals surface area contributed by atoms with E-state index in [1.807, 2.05) is 38.1 Å². The summed E-state index contributed by atoms with van der Waals surface area (Å²) < 4.78 is 21.8. The van der Waals surface area contributed by atoms with Crippen molar-refractivity contribution in [1.82, 2.24) is 39.3 Å². The third kappa shape index (κ3) is 6.46. The Hall–Kier alpha value is -5.08. The van der Waals surface area contributed by atoms with Gasteiger partial charge in [-0.3, -0.25) is 9.97 Å². The fourth-order valence-corrected chi connectivity index (χ4v) is 5.91. The van der Waals surface area contributed by atoms with Crippen LogP contribution in [-0.2, 0) is 21.8 Å². The summed E-state index contributed by atoms with van der Waals surface area (Å²) >= 11 is 0. The number of piperazine rings is 1. The Morgan fingerprint density at radius 3 is 2.19 bits per heavy atom. The average molecular weight is 639 g/mol. The normalized spacial score (nSPS) is 20.4. The molecule has 14 heteroatoms. The Labute approximate surface area is 272 Å². The van der Waals surface area contributed by atoms with Gasteiger partial charge in [0.05, 0.1) is 36.9 Å². The number of nitrogens with zero attached hydrogens (tertiary/aromatic N) is 10. The molecule has 2 aromatic carbocycles. The van der Waals surface area contributed by atoms with Gasteiger partial charge in [0.1, 0.15) is 37.0 Å². The van der Waals surface area contributed by atoms with E-state index in [-0.39, 0.29) is 24.4 Å². The predicted octanol–water partition coefficient (Wildman–Crippen LogP) is 3.06. The first kappa shape index (κ1) is 30.6. The Kier molecular flexibility index (Phi) is 8.68. The van der Waals surface area contributed by atoms with Gasteiger partial charge in [0.15, 0.2) is 0 Å². The molecule has 2 aliphatic heterocycles. The number of hydrogen-bond acceptors (Lipinski definition) is 11. The van der Waals surface area contributed by atoms with Crippen LogP contribution >= 0.6 is 0 Å². The third-order valence-electron chi connectivity index (χ3n) is 8.74. The molecule has 2 fully saturated rings. The maximum atomic E-state index is 12.8. The summed E-state index contributed by atoms with van der Waals surface area (Å²) in [6.07, 6.45) is 10.2. The summed E-state index contributed by atoms with van der Waals surface area (Å²) in [6.45, 7) is 8.53. The lowest BCUT2D eigenvalue weighted by Gasteiger charge is -2.37. The van der Waals surface area contributed by atoms with Crippen LogP contribution in [0.4, 0.5) is 11.4 Å². The van der Waals surface area contributed by atoms with E-state index in [0.717, 1.165) is 55.4 Å². The van der Waals surface area contributed by atoms with Gasteiger partial charge in [-0.2, -0.15) is 20.1 Å². The maximum absolute atomic E-state index is 12.8. The molecule has 3 atom stereocenters. The number of benzene rings is 2. The molecule has 0 saturated carbocycles. The molecule has 47 heavy (non-hydrogen) atoms. The van der Waals surface area contributed by atoms with Gasteiger partial charge in [-0.25, -0.2) is 14.0 Å². The van der Waals surface area contributed by atoms with Crippen LogP contribution in [0.1, 0.15) is 32.0 Å². The summed E-state index contributed by atoms with van der Waals surface area (Å²) in [6, 6.07) is 16.4. The highest BCUT2D eigenvalue weighted by Crippen LogP contribution is 2.34. The van der Waals surface area contributed by atoms with Crippen LogP contribution in [0.3, 0.4) is 0 Å². The van der Waals surface area contributed by atoms with Crippen molar-refractivity contribution in [1.29, 1.82) is 0 Å². The molecule has 0 spiro atoms. The first-order valence-corrected chi connectivity index (χ1v) is 15.9. The van der Waals surface area contributed by atoms with Crippen molar-refractivity contribution >= 4 is 11.4 Å². The van der Waals surface area contributed by atoms with E-state index in [2.05, 4.69) is 59.3 Å². The van der Waals surface area contributed by atoms with Gasteiger partial charge < -0.3 is 24.0 Å². The third-order valence-corrected chi connectivity index (χ3v) is 8.74. The van der Waals surface area contributed by atoms with Crippen LogP contribution in [0.15, 0.2) is 90.6 Å². The smallest absolute Gasteiger partial charge is 0.350 e. The summed E-state index contributed by atoms with van der Waals surface area (Å²) in [5, 5.41) is 12.7. The van der Waals surface area contributed by atoms with Gasteiger partial charge in [0.25, 0.3) is 0 Å². The maximum Gasteiger partial charge on any atom is 0.350 e. The van der Waals surface area contributed by atoms with Gasteiger partial charge in [0, 0.05) is 49.9 Å². The highest BCUT2D eigenvalue weighted by molar-refractivity contribution is 5.54. The van der Waals surface area contributed by atoms with Crippen molar-refractivity contribution in [3.8, 4) is 11.4 Å². The van der Waals surface area contributed by atoms with E-state index in [4.69, 9.17) is 14.2 Å². The van der Waals surface area contributed by atoms with Crippen LogP contribution in [0.5, 0.6) is 5.75 Å². The molecule has 0 radical (unpaired) electrons. The summed E-state index contributed by atoms with van der Waals surface area (Å²) in [5.74, 6) is -0.387. The summed E-state index contributed by atoms with van der Waals surface area (Å²) in [4.78, 5) is 27.7. The minimum absolute atomic E-state index is 0.0685. The molecule has 0 bridgehead atoms.